The maximum atomic E-state index is 12.0. The van der Waals surface area contributed by atoms with Crippen molar-refractivity contribution in [1.82, 2.24) is 30.2 Å². The van der Waals surface area contributed by atoms with Crippen LogP contribution in [0.5, 0.6) is 0 Å². The van der Waals surface area contributed by atoms with Gasteiger partial charge in [0.2, 0.25) is 0 Å². The quantitative estimate of drug-likeness (QED) is 0.415. The van der Waals surface area contributed by atoms with Gasteiger partial charge in [-0.05, 0) is 44.0 Å². The van der Waals surface area contributed by atoms with E-state index in [2.05, 4.69) is 43.0 Å². The molecule has 156 valence electrons. The number of hydrogen-bond donors (Lipinski definition) is 4. The van der Waals surface area contributed by atoms with Crippen molar-refractivity contribution in [3.8, 4) is 11.3 Å². The number of rotatable bonds is 4. The topological polar surface area (TPSA) is 99.7 Å². The Bertz CT molecular complexity index is 1230. The first-order valence-corrected chi connectivity index (χ1v) is 9.92. The van der Waals surface area contributed by atoms with Gasteiger partial charge in [0.05, 0.1) is 11.8 Å². The number of nitrogens with zero attached hydrogens (tertiary/aromatic N) is 3. The number of pyridine rings is 1. The van der Waals surface area contributed by atoms with Crippen molar-refractivity contribution in [2.45, 2.75) is 32.9 Å². The third-order valence-electron chi connectivity index (χ3n) is 4.85. The number of fused-ring (bicyclic) bond motifs is 3. The van der Waals surface area contributed by atoms with E-state index in [4.69, 9.17) is 0 Å². The maximum absolute atomic E-state index is 12.0. The molecule has 0 unspecified atom stereocenters. The molecule has 0 atom stereocenters. The smallest absolute Gasteiger partial charge is 0.315 e. The number of H-pyrrole nitrogens is 1. The van der Waals surface area contributed by atoms with Gasteiger partial charge in [0.15, 0.2) is 5.82 Å². The van der Waals surface area contributed by atoms with Crippen molar-refractivity contribution >= 4 is 33.9 Å². The van der Waals surface area contributed by atoms with Crippen molar-refractivity contribution in [3.05, 3.63) is 42.2 Å². The Hall–Kier alpha value is -3.55. The Morgan fingerprint density at radius 1 is 1.23 bits per heavy atom. The number of urea groups is 1. The minimum absolute atomic E-state index is 0.180. The molecule has 30 heavy (non-hydrogen) atoms. The highest BCUT2D eigenvalue weighted by Crippen LogP contribution is 2.31. The van der Waals surface area contributed by atoms with Gasteiger partial charge in [-0.15, -0.1) is 0 Å². The van der Waals surface area contributed by atoms with Crippen LogP contribution >= 0.6 is 0 Å². The molecular weight excluding hydrogens is 378 g/mol. The second-order valence-electron chi connectivity index (χ2n) is 8.47. The summed E-state index contributed by atoms with van der Waals surface area (Å²) in [5.41, 5.74) is 5.43. The zero-order valence-electron chi connectivity index (χ0n) is 17.9. The normalized spacial score (nSPS) is 11.8. The fourth-order valence-electron chi connectivity index (χ4n) is 3.54. The highest BCUT2D eigenvalue weighted by Gasteiger charge is 2.16. The molecular formula is C22H27N7O. The van der Waals surface area contributed by atoms with Crippen LogP contribution in [0.2, 0.25) is 0 Å². The molecule has 4 N–H and O–H groups in total. The Labute approximate surface area is 175 Å². The van der Waals surface area contributed by atoms with Crippen LogP contribution in [0.1, 0.15) is 26.3 Å². The van der Waals surface area contributed by atoms with Crippen molar-refractivity contribution in [2.75, 3.05) is 12.4 Å². The van der Waals surface area contributed by atoms with Gasteiger partial charge in [0.25, 0.3) is 0 Å². The van der Waals surface area contributed by atoms with Gasteiger partial charge in [-0.1, -0.05) is 18.2 Å². The van der Waals surface area contributed by atoms with Crippen molar-refractivity contribution in [2.24, 2.45) is 7.05 Å². The van der Waals surface area contributed by atoms with Crippen molar-refractivity contribution < 1.29 is 4.79 Å². The van der Waals surface area contributed by atoms with Crippen LogP contribution in [-0.4, -0.2) is 38.1 Å². The number of aryl methyl sites for hydroxylation is 1. The molecule has 0 radical (unpaired) electrons. The maximum Gasteiger partial charge on any atom is 0.315 e. The van der Waals surface area contributed by atoms with E-state index >= 15 is 0 Å². The Kier molecular flexibility index (Phi) is 4.85. The monoisotopic (exact) mass is 405 g/mol. The zero-order valence-corrected chi connectivity index (χ0v) is 17.9. The molecule has 3 heterocycles. The van der Waals surface area contributed by atoms with E-state index in [1.807, 2.05) is 57.6 Å². The number of aromatic amines is 1. The van der Waals surface area contributed by atoms with E-state index in [9.17, 15) is 4.79 Å². The van der Waals surface area contributed by atoms with Crippen LogP contribution in [-0.2, 0) is 13.6 Å². The number of carbonyl (C=O) groups excluding carboxylic acids is 1. The van der Waals surface area contributed by atoms with E-state index in [0.717, 1.165) is 44.7 Å². The van der Waals surface area contributed by atoms with Gasteiger partial charge < -0.3 is 25.5 Å². The van der Waals surface area contributed by atoms with Gasteiger partial charge >= 0.3 is 6.03 Å². The van der Waals surface area contributed by atoms with Crippen LogP contribution in [0.15, 0.2) is 36.7 Å². The number of amides is 2. The highest BCUT2D eigenvalue weighted by molar-refractivity contribution is 6.07. The van der Waals surface area contributed by atoms with Crippen molar-refractivity contribution in [1.29, 1.82) is 0 Å². The lowest BCUT2D eigenvalue weighted by Gasteiger charge is -2.20. The summed E-state index contributed by atoms with van der Waals surface area (Å²) in [6.45, 7) is 6.31. The molecule has 8 nitrogen and oxygen atoms in total. The van der Waals surface area contributed by atoms with Gasteiger partial charge in [-0.2, -0.15) is 0 Å². The molecule has 2 amide bonds. The van der Waals surface area contributed by atoms with Crippen molar-refractivity contribution in [3.63, 3.8) is 0 Å². The fraction of sp³-hybridized carbons (Fsp3) is 0.318. The Balaban J connectivity index is 1.65. The SMILES string of the molecule is CNc1nc2[nH]c(-c3cccc(CNC(=O)NC(C)(C)C)c3)cc2c2c1ncn2C. The minimum atomic E-state index is -0.271. The molecule has 8 heteroatoms. The second-order valence-corrected chi connectivity index (χ2v) is 8.47. The summed E-state index contributed by atoms with van der Waals surface area (Å²) < 4.78 is 2.01. The average molecular weight is 406 g/mol. The number of nitrogens with one attached hydrogen (secondary N) is 4. The third kappa shape index (κ3) is 3.80. The van der Waals surface area contributed by atoms with Gasteiger partial charge in [-0.25, -0.2) is 14.8 Å². The number of carbonyl (C=O) groups is 1. The average Bonchev–Trinajstić information content (AvgIpc) is 3.28. The first kappa shape index (κ1) is 19.8. The third-order valence-corrected chi connectivity index (χ3v) is 4.85. The minimum Gasteiger partial charge on any atom is -0.371 e. The molecule has 0 saturated heterocycles. The highest BCUT2D eigenvalue weighted by atomic mass is 16.2. The summed E-state index contributed by atoms with van der Waals surface area (Å²) in [5, 5.41) is 9.96. The summed E-state index contributed by atoms with van der Waals surface area (Å²) in [6.07, 6.45) is 1.80. The lowest BCUT2D eigenvalue weighted by molar-refractivity contribution is 0.231. The summed E-state index contributed by atoms with van der Waals surface area (Å²) in [7, 11) is 3.83. The van der Waals surface area contributed by atoms with E-state index in [1.165, 1.54) is 0 Å². The fourth-order valence-corrected chi connectivity index (χ4v) is 3.54. The predicted molar refractivity (Wildman–Crippen MR) is 120 cm³/mol. The van der Waals surface area contributed by atoms with Crippen LogP contribution < -0.4 is 16.0 Å². The lowest BCUT2D eigenvalue weighted by Crippen LogP contribution is -2.46. The molecule has 0 bridgehead atoms. The summed E-state index contributed by atoms with van der Waals surface area (Å²) in [4.78, 5) is 24.6. The summed E-state index contributed by atoms with van der Waals surface area (Å²) >= 11 is 0. The van der Waals surface area contributed by atoms with Crippen LogP contribution in [0.25, 0.3) is 33.3 Å². The van der Waals surface area contributed by atoms with E-state index in [1.54, 1.807) is 6.33 Å². The number of aromatic nitrogens is 4. The van der Waals surface area contributed by atoms with E-state index in [0.29, 0.717) is 6.54 Å². The van der Waals surface area contributed by atoms with Gasteiger partial charge in [-0.3, -0.25) is 0 Å². The molecule has 0 aliphatic carbocycles. The predicted octanol–water partition coefficient (Wildman–Crippen LogP) is 3.76. The van der Waals surface area contributed by atoms with E-state index < -0.39 is 0 Å². The molecule has 4 rings (SSSR count). The lowest BCUT2D eigenvalue weighted by atomic mass is 10.1. The van der Waals surface area contributed by atoms with Crippen LogP contribution in [0.4, 0.5) is 10.6 Å². The number of anilines is 1. The Morgan fingerprint density at radius 2 is 2.03 bits per heavy atom. The first-order valence-electron chi connectivity index (χ1n) is 9.92. The first-order chi connectivity index (χ1) is 14.2. The zero-order chi connectivity index (χ0) is 21.5. The largest absolute Gasteiger partial charge is 0.371 e. The van der Waals surface area contributed by atoms with Crippen LogP contribution in [0, 0.1) is 0 Å². The molecule has 0 spiro atoms. The Morgan fingerprint density at radius 3 is 2.77 bits per heavy atom. The molecule has 4 aromatic rings. The molecule has 1 aromatic carbocycles. The molecule has 0 fully saturated rings. The van der Waals surface area contributed by atoms with Gasteiger partial charge in [0.1, 0.15) is 11.2 Å². The van der Waals surface area contributed by atoms with Crippen LogP contribution in [0.3, 0.4) is 0 Å². The number of hydrogen-bond acceptors (Lipinski definition) is 4. The second kappa shape index (κ2) is 7.37. The standard InChI is InChI=1S/C22H27N7O/c1-22(2,3)28-21(30)24-11-13-7-6-8-14(9-13)16-10-15-18-17(25-12-29(18)5)20(23-4)27-19(15)26-16/h6-10,12H,11H2,1-5H3,(H2,23,26,27)(H2,24,28,30). The van der Waals surface area contributed by atoms with Gasteiger partial charge in [0, 0.05) is 37.3 Å². The number of benzene rings is 1. The summed E-state index contributed by atoms with van der Waals surface area (Å²) in [6, 6.07) is 10.0. The molecule has 3 aromatic heterocycles. The molecule has 0 aliphatic rings. The molecule has 0 aliphatic heterocycles. The van der Waals surface area contributed by atoms with E-state index in [-0.39, 0.29) is 11.6 Å². The summed E-state index contributed by atoms with van der Waals surface area (Å²) in [5.74, 6) is 0.745. The number of imidazole rings is 1. The molecule has 0 saturated carbocycles.